The molecule has 1 aliphatic rings. The molecule has 1 aromatic carbocycles. The van der Waals surface area contributed by atoms with Gasteiger partial charge in [-0.3, -0.25) is 9.69 Å². The highest BCUT2D eigenvalue weighted by molar-refractivity contribution is 6.04. The van der Waals surface area contributed by atoms with Crippen LogP contribution in [-0.4, -0.2) is 34.4 Å². The number of hydrogen-bond acceptors (Lipinski definition) is 2. The molecule has 0 saturated carbocycles. The molecule has 2 aromatic rings. The summed E-state index contributed by atoms with van der Waals surface area (Å²) in [6.45, 7) is 3.80. The molecule has 1 aliphatic heterocycles. The summed E-state index contributed by atoms with van der Waals surface area (Å²) >= 11 is 0. The first-order valence-corrected chi connectivity index (χ1v) is 6.48. The summed E-state index contributed by atoms with van der Waals surface area (Å²) in [6, 6.07) is 7.05. The molecule has 2 heterocycles. The van der Waals surface area contributed by atoms with Crippen LogP contribution in [-0.2, 0) is 11.2 Å². The van der Waals surface area contributed by atoms with Gasteiger partial charge in [0.1, 0.15) is 6.04 Å². The zero-order valence-electron chi connectivity index (χ0n) is 10.9. The normalized spacial score (nSPS) is 18.6. The van der Waals surface area contributed by atoms with E-state index in [1.54, 1.807) is 6.08 Å². The third kappa shape index (κ3) is 1.97. The SMILES string of the molecule is C=CCN1C(=O)N[C@H](Cc2c[nH]c3ccccc23)C1=O. The average Bonchev–Trinajstić information content (AvgIpc) is 2.97. The van der Waals surface area contributed by atoms with Crippen LogP contribution in [0.5, 0.6) is 0 Å². The zero-order valence-corrected chi connectivity index (χ0v) is 10.9. The summed E-state index contributed by atoms with van der Waals surface area (Å²) in [7, 11) is 0. The minimum absolute atomic E-state index is 0.194. The van der Waals surface area contributed by atoms with Crippen molar-refractivity contribution >= 4 is 22.8 Å². The summed E-state index contributed by atoms with van der Waals surface area (Å²) in [5.41, 5.74) is 2.06. The maximum atomic E-state index is 12.2. The monoisotopic (exact) mass is 269 g/mol. The lowest BCUT2D eigenvalue weighted by Gasteiger charge is -2.09. The first-order chi connectivity index (χ1) is 9.70. The molecule has 5 nitrogen and oxygen atoms in total. The van der Waals surface area contributed by atoms with E-state index in [0.29, 0.717) is 6.42 Å². The van der Waals surface area contributed by atoms with E-state index in [0.717, 1.165) is 16.5 Å². The van der Waals surface area contributed by atoms with Gasteiger partial charge in [-0.1, -0.05) is 24.3 Å². The van der Waals surface area contributed by atoms with Gasteiger partial charge in [-0.2, -0.15) is 0 Å². The molecule has 102 valence electrons. The van der Waals surface area contributed by atoms with Gasteiger partial charge in [0.2, 0.25) is 0 Å². The van der Waals surface area contributed by atoms with Crippen molar-refractivity contribution in [3.63, 3.8) is 0 Å². The predicted molar refractivity (Wildman–Crippen MR) is 76.2 cm³/mol. The highest BCUT2D eigenvalue weighted by atomic mass is 16.2. The Morgan fingerprint density at radius 2 is 2.10 bits per heavy atom. The number of nitrogens with one attached hydrogen (secondary N) is 2. The van der Waals surface area contributed by atoms with Gasteiger partial charge in [0.05, 0.1) is 0 Å². The van der Waals surface area contributed by atoms with Gasteiger partial charge in [0.25, 0.3) is 5.91 Å². The molecule has 5 heteroatoms. The van der Waals surface area contributed by atoms with Crippen molar-refractivity contribution in [2.75, 3.05) is 6.54 Å². The second kappa shape index (κ2) is 4.85. The number of hydrogen-bond donors (Lipinski definition) is 2. The highest BCUT2D eigenvalue weighted by Crippen LogP contribution is 2.21. The number of carbonyl (C=O) groups is 2. The van der Waals surface area contributed by atoms with Crippen LogP contribution in [0, 0.1) is 0 Å². The number of carbonyl (C=O) groups excluding carboxylic acids is 2. The lowest BCUT2D eigenvalue weighted by molar-refractivity contribution is -0.127. The van der Waals surface area contributed by atoms with Crippen molar-refractivity contribution in [1.29, 1.82) is 0 Å². The number of fused-ring (bicyclic) bond motifs is 1. The van der Waals surface area contributed by atoms with E-state index in [9.17, 15) is 9.59 Å². The molecule has 1 atom stereocenters. The van der Waals surface area contributed by atoms with Gasteiger partial charge in [-0.05, 0) is 11.6 Å². The Hall–Kier alpha value is -2.56. The maximum Gasteiger partial charge on any atom is 0.325 e. The van der Waals surface area contributed by atoms with Gasteiger partial charge in [-0.25, -0.2) is 4.79 Å². The molecule has 20 heavy (non-hydrogen) atoms. The first-order valence-electron chi connectivity index (χ1n) is 6.48. The van der Waals surface area contributed by atoms with E-state index in [1.807, 2.05) is 30.5 Å². The van der Waals surface area contributed by atoms with Crippen molar-refractivity contribution in [3.05, 3.63) is 48.7 Å². The van der Waals surface area contributed by atoms with Crippen LogP contribution < -0.4 is 5.32 Å². The van der Waals surface area contributed by atoms with Gasteiger partial charge in [-0.15, -0.1) is 6.58 Å². The Balaban J connectivity index is 1.83. The van der Waals surface area contributed by atoms with E-state index >= 15 is 0 Å². The van der Waals surface area contributed by atoms with Crippen LogP contribution in [0.3, 0.4) is 0 Å². The number of nitrogens with zero attached hydrogens (tertiary/aromatic N) is 1. The van der Waals surface area contributed by atoms with E-state index in [1.165, 1.54) is 4.90 Å². The molecule has 0 aliphatic carbocycles. The Morgan fingerprint density at radius 1 is 1.30 bits per heavy atom. The third-order valence-electron chi connectivity index (χ3n) is 3.52. The Kier molecular flexibility index (Phi) is 3.02. The summed E-state index contributed by atoms with van der Waals surface area (Å²) in [4.78, 5) is 28.2. The minimum atomic E-state index is -0.498. The van der Waals surface area contributed by atoms with E-state index < -0.39 is 6.04 Å². The summed E-state index contributed by atoms with van der Waals surface area (Å²) in [6.07, 6.45) is 3.92. The number of rotatable bonds is 4. The first kappa shape index (κ1) is 12.5. The number of aromatic nitrogens is 1. The molecular formula is C15H15N3O2. The van der Waals surface area contributed by atoms with Gasteiger partial charge < -0.3 is 10.3 Å². The molecule has 1 saturated heterocycles. The van der Waals surface area contributed by atoms with Gasteiger partial charge in [0.15, 0.2) is 0 Å². The second-order valence-corrected chi connectivity index (χ2v) is 4.80. The quantitative estimate of drug-likeness (QED) is 0.657. The van der Waals surface area contributed by atoms with Crippen molar-refractivity contribution in [2.24, 2.45) is 0 Å². The average molecular weight is 269 g/mol. The molecule has 0 radical (unpaired) electrons. The Bertz CT molecular complexity index is 689. The molecule has 3 amide bonds. The minimum Gasteiger partial charge on any atom is -0.361 e. The molecule has 0 unspecified atom stereocenters. The van der Waals surface area contributed by atoms with Crippen molar-refractivity contribution in [2.45, 2.75) is 12.5 Å². The molecular weight excluding hydrogens is 254 g/mol. The van der Waals surface area contributed by atoms with E-state index in [-0.39, 0.29) is 18.5 Å². The van der Waals surface area contributed by atoms with Gasteiger partial charge >= 0.3 is 6.03 Å². The lowest BCUT2D eigenvalue weighted by atomic mass is 10.1. The zero-order chi connectivity index (χ0) is 14.1. The van der Waals surface area contributed by atoms with Crippen molar-refractivity contribution < 1.29 is 9.59 Å². The Morgan fingerprint density at radius 3 is 2.90 bits per heavy atom. The highest BCUT2D eigenvalue weighted by Gasteiger charge is 2.37. The number of urea groups is 1. The third-order valence-corrected chi connectivity index (χ3v) is 3.52. The number of imide groups is 1. The molecule has 3 rings (SSSR count). The van der Waals surface area contributed by atoms with Crippen LogP contribution in [0.15, 0.2) is 43.1 Å². The second-order valence-electron chi connectivity index (χ2n) is 4.80. The van der Waals surface area contributed by atoms with Crippen LogP contribution in [0.4, 0.5) is 4.79 Å². The number of aromatic amines is 1. The molecule has 0 bridgehead atoms. The fourth-order valence-corrected chi connectivity index (χ4v) is 2.54. The molecule has 1 aromatic heterocycles. The number of benzene rings is 1. The lowest BCUT2D eigenvalue weighted by Crippen LogP contribution is -2.32. The summed E-state index contributed by atoms with van der Waals surface area (Å²) < 4.78 is 0. The molecule has 2 N–H and O–H groups in total. The van der Waals surface area contributed by atoms with Crippen LogP contribution in [0.1, 0.15) is 5.56 Å². The van der Waals surface area contributed by atoms with Crippen LogP contribution in [0.25, 0.3) is 10.9 Å². The largest absolute Gasteiger partial charge is 0.361 e. The van der Waals surface area contributed by atoms with E-state index in [2.05, 4.69) is 16.9 Å². The van der Waals surface area contributed by atoms with Crippen LogP contribution in [0.2, 0.25) is 0 Å². The van der Waals surface area contributed by atoms with E-state index in [4.69, 9.17) is 0 Å². The predicted octanol–water partition coefficient (Wildman–Crippen LogP) is 1.82. The number of H-pyrrole nitrogens is 1. The van der Waals surface area contributed by atoms with Crippen LogP contribution >= 0.6 is 0 Å². The Labute approximate surface area is 116 Å². The molecule has 0 spiro atoms. The van der Waals surface area contributed by atoms with Crippen molar-refractivity contribution in [3.8, 4) is 0 Å². The molecule has 1 fully saturated rings. The number of para-hydroxylation sites is 1. The fraction of sp³-hybridized carbons (Fsp3) is 0.200. The smallest absolute Gasteiger partial charge is 0.325 e. The fourth-order valence-electron chi connectivity index (χ4n) is 2.54. The maximum absolute atomic E-state index is 12.2. The number of amides is 3. The van der Waals surface area contributed by atoms with Crippen molar-refractivity contribution in [1.82, 2.24) is 15.2 Å². The van der Waals surface area contributed by atoms with Gasteiger partial charge in [0, 0.05) is 30.1 Å². The summed E-state index contributed by atoms with van der Waals surface area (Å²) in [5, 5.41) is 3.80. The standard InChI is InChI=1S/C15H15N3O2/c1-2-7-18-14(19)13(17-15(18)20)8-10-9-16-12-6-4-3-5-11(10)12/h2-6,9,13,16H,1,7-8H2,(H,17,20)/t13-/m1/s1. The topological polar surface area (TPSA) is 65.2 Å². The summed E-state index contributed by atoms with van der Waals surface area (Å²) in [5.74, 6) is -0.194.